The van der Waals surface area contributed by atoms with Gasteiger partial charge in [-0.1, -0.05) is 6.07 Å². The van der Waals surface area contributed by atoms with Crippen molar-refractivity contribution in [2.75, 3.05) is 37.7 Å². The number of sulfone groups is 1. The van der Waals surface area contributed by atoms with Gasteiger partial charge in [-0.05, 0) is 49.2 Å². The van der Waals surface area contributed by atoms with E-state index in [-0.39, 0.29) is 28.8 Å². The fourth-order valence-corrected chi connectivity index (χ4v) is 3.87. The van der Waals surface area contributed by atoms with Crippen molar-refractivity contribution < 1.29 is 22.7 Å². The summed E-state index contributed by atoms with van der Waals surface area (Å²) in [5, 5.41) is 5.73. The van der Waals surface area contributed by atoms with Crippen molar-refractivity contribution in [3.8, 4) is 11.5 Å². The Morgan fingerprint density at radius 1 is 1.04 bits per heavy atom. The molecule has 2 aromatic rings. The minimum atomic E-state index is -3.60. The summed E-state index contributed by atoms with van der Waals surface area (Å²) in [5.41, 5.74) is 3.19. The monoisotopic (exact) mass is 392 g/mol. The van der Waals surface area contributed by atoms with Crippen LogP contribution in [0.5, 0.6) is 11.5 Å². The van der Waals surface area contributed by atoms with Crippen LogP contribution in [0.1, 0.15) is 11.1 Å². The van der Waals surface area contributed by atoms with Crippen molar-refractivity contribution in [2.24, 2.45) is 0 Å². The molecule has 8 heteroatoms. The second-order valence-corrected chi connectivity index (χ2v) is 8.18. The summed E-state index contributed by atoms with van der Waals surface area (Å²) in [5.74, 6) is 0.0226. The second-order valence-electron chi connectivity index (χ2n) is 6.23. The number of carbonyl (C=O) groups is 1. The molecule has 27 heavy (non-hydrogen) atoms. The molecule has 2 N–H and O–H groups in total. The van der Waals surface area contributed by atoms with Gasteiger partial charge in [-0.3, -0.25) is 4.79 Å². The molecular formula is C19H24N2O5S. The second kappa shape index (κ2) is 8.30. The molecule has 0 aromatic heterocycles. The van der Waals surface area contributed by atoms with Crippen LogP contribution >= 0.6 is 0 Å². The zero-order valence-electron chi connectivity index (χ0n) is 16.0. The van der Waals surface area contributed by atoms with E-state index in [9.17, 15) is 13.2 Å². The van der Waals surface area contributed by atoms with Crippen LogP contribution in [0.3, 0.4) is 0 Å². The van der Waals surface area contributed by atoms with Crippen LogP contribution in [0.25, 0.3) is 0 Å². The molecule has 0 saturated heterocycles. The van der Waals surface area contributed by atoms with Gasteiger partial charge in [-0.2, -0.15) is 0 Å². The first kappa shape index (κ1) is 20.6. The van der Waals surface area contributed by atoms with Gasteiger partial charge >= 0.3 is 0 Å². The van der Waals surface area contributed by atoms with Crippen LogP contribution in [0.4, 0.5) is 11.4 Å². The van der Waals surface area contributed by atoms with E-state index < -0.39 is 9.84 Å². The largest absolute Gasteiger partial charge is 0.495 e. The SMILES string of the molecule is COc1ccc(NCC(=O)Nc2cc(C)cc(C)c2)c(OC)c1S(C)(=O)=O. The lowest BCUT2D eigenvalue weighted by atomic mass is 10.1. The number of benzene rings is 2. The Kier molecular flexibility index (Phi) is 6.32. The van der Waals surface area contributed by atoms with Gasteiger partial charge in [0.05, 0.1) is 26.5 Å². The number of ether oxygens (including phenoxy) is 2. The van der Waals surface area contributed by atoms with E-state index in [1.807, 2.05) is 32.0 Å². The number of rotatable bonds is 7. The van der Waals surface area contributed by atoms with E-state index in [1.54, 1.807) is 6.07 Å². The van der Waals surface area contributed by atoms with Gasteiger partial charge in [0.15, 0.2) is 20.5 Å². The summed E-state index contributed by atoms with van der Waals surface area (Å²) < 4.78 is 34.6. The molecule has 2 rings (SSSR count). The molecule has 146 valence electrons. The van der Waals surface area contributed by atoms with Crippen LogP contribution in [-0.2, 0) is 14.6 Å². The summed E-state index contributed by atoms with van der Waals surface area (Å²) in [4.78, 5) is 12.2. The Morgan fingerprint density at radius 2 is 1.67 bits per heavy atom. The molecule has 0 fully saturated rings. The van der Waals surface area contributed by atoms with Crippen molar-refractivity contribution in [3.05, 3.63) is 41.5 Å². The number of methoxy groups -OCH3 is 2. The van der Waals surface area contributed by atoms with E-state index in [2.05, 4.69) is 10.6 Å². The highest BCUT2D eigenvalue weighted by Crippen LogP contribution is 2.39. The zero-order valence-corrected chi connectivity index (χ0v) is 16.9. The molecule has 0 aliphatic rings. The predicted octanol–water partition coefficient (Wildman–Crippen LogP) is 2.77. The lowest BCUT2D eigenvalue weighted by Crippen LogP contribution is -2.22. The Balaban J connectivity index is 2.21. The molecule has 2 aromatic carbocycles. The average Bonchev–Trinajstić information content (AvgIpc) is 2.57. The highest BCUT2D eigenvalue weighted by Gasteiger charge is 2.23. The molecule has 0 aliphatic carbocycles. The maximum atomic E-state index is 12.3. The topological polar surface area (TPSA) is 93.7 Å². The van der Waals surface area contributed by atoms with Gasteiger partial charge in [0.1, 0.15) is 5.75 Å². The molecule has 0 saturated carbocycles. The van der Waals surface area contributed by atoms with E-state index in [1.165, 1.54) is 20.3 Å². The first-order valence-corrected chi connectivity index (χ1v) is 10.1. The first-order valence-electron chi connectivity index (χ1n) is 8.22. The molecule has 0 aliphatic heterocycles. The smallest absolute Gasteiger partial charge is 0.243 e. The molecule has 0 radical (unpaired) electrons. The van der Waals surface area contributed by atoms with E-state index in [0.29, 0.717) is 11.4 Å². The van der Waals surface area contributed by atoms with Gasteiger partial charge in [0.25, 0.3) is 0 Å². The summed E-state index contributed by atoms with van der Waals surface area (Å²) in [7, 11) is -0.850. The Labute approximate surface area is 159 Å². The van der Waals surface area contributed by atoms with Gasteiger partial charge in [0, 0.05) is 11.9 Å². The van der Waals surface area contributed by atoms with Crippen LogP contribution < -0.4 is 20.1 Å². The molecule has 1 amide bonds. The van der Waals surface area contributed by atoms with Gasteiger partial charge in [0.2, 0.25) is 5.91 Å². The fourth-order valence-electron chi connectivity index (χ4n) is 2.83. The summed E-state index contributed by atoms with van der Waals surface area (Å²) in [6.07, 6.45) is 1.07. The van der Waals surface area contributed by atoms with Crippen LogP contribution in [0.15, 0.2) is 35.2 Å². The molecule has 0 atom stereocenters. The fraction of sp³-hybridized carbons (Fsp3) is 0.316. The predicted molar refractivity (Wildman–Crippen MR) is 106 cm³/mol. The molecule has 0 heterocycles. The maximum absolute atomic E-state index is 12.3. The molecular weight excluding hydrogens is 368 g/mol. The highest BCUT2D eigenvalue weighted by molar-refractivity contribution is 7.91. The van der Waals surface area contributed by atoms with Crippen molar-refractivity contribution in [2.45, 2.75) is 18.7 Å². The number of carbonyl (C=O) groups excluding carboxylic acids is 1. The van der Waals surface area contributed by atoms with Gasteiger partial charge in [-0.25, -0.2) is 8.42 Å². The van der Waals surface area contributed by atoms with Crippen LogP contribution in [-0.4, -0.2) is 41.3 Å². The molecule has 0 unspecified atom stereocenters. The summed E-state index contributed by atoms with van der Waals surface area (Å²) in [6, 6.07) is 8.89. The Bertz CT molecular complexity index is 935. The van der Waals surface area contributed by atoms with Gasteiger partial charge in [-0.15, -0.1) is 0 Å². The first-order chi connectivity index (χ1) is 12.7. The highest BCUT2D eigenvalue weighted by atomic mass is 32.2. The Hall–Kier alpha value is -2.74. The number of hydrogen-bond donors (Lipinski definition) is 2. The van der Waals surface area contributed by atoms with Gasteiger partial charge < -0.3 is 20.1 Å². The number of aryl methyl sites for hydroxylation is 2. The van der Waals surface area contributed by atoms with Crippen molar-refractivity contribution >= 4 is 27.1 Å². The number of nitrogens with one attached hydrogen (secondary N) is 2. The van der Waals surface area contributed by atoms with Crippen molar-refractivity contribution in [1.29, 1.82) is 0 Å². The number of amides is 1. The minimum Gasteiger partial charge on any atom is -0.495 e. The summed E-state index contributed by atoms with van der Waals surface area (Å²) >= 11 is 0. The third-order valence-corrected chi connectivity index (χ3v) is 4.94. The standard InChI is InChI=1S/C19H24N2O5S/c1-12-8-13(2)10-14(9-12)21-17(22)11-20-15-6-7-16(25-3)19(18(15)26-4)27(5,23)24/h6-10,20H,11H2,1-5H3,(H,21,22). The Morgan fingerprint density at radius 3 is 2.19 bits per heavy atom. The van der Waals surface area contributed by atoms with E-state index >= 15 is 0 Å². The third-order valence-electron chi connectivity index (χ3n) is 3.82. The summed E-state index contributed by atoms with van der Waals surface area (Å²) in [6.45, 7) is 3.85. The molecule has 0 spiro atoms. The number of anilines is 2. The molecule has 0 bridgehead atoms. The van der Waals surface area contributed by atoms with E-state index in [0.717, 1.165) is 17.4 Å². The van der Waals surface area contributed by atoms with Crippen LogP contribution in [0.2, 0.25) is 0 Å². The van der Waals surface area contributed by atoms with E-state index in [4.69, 9.17) is 9.47 Å². The third kappa shape index (κ3) is 5.13. The lowest BCUT2D eigenvalue weighted by molar-refractivity contribution is -0.114. The normalized spacial score (nSPS) is 11.0. The average molecular weight is 392 g/mol. The molecule has 7 nitrogen and oxygen atoms in total. The minimum absolute atomic E-state index is 0.0567. The van der Waals surface area contributed by atoms with Crippen molar-refractivity contribution in [1.82, 2.24) is 0 Å². The quantitative estimate of drug-likeness (QED) is 0.753. The lowest BCUT2D eigenvalue weighted by Gasteiger charge is -2.17. The van der Waals surface area contributed by atoms with Crippen molar-refractivity contribution in [3.63, 3.8) is 0 Å². The maximum Gasteiger partial charge on any atom is 0.243 e. The zero-order chi connectivity index (χ0) is 20.2. The van der Waals surface area contributed by atoms with Crippen LogP contribution in [0, 0.1) is 13.8 Å². The number of hydrogen-bond acceptors (Lipinski definition) is 6.